The molecule has 118 valence electrons. The minimum absolute atomic E-state index is 0.153. The van der Waals surface area contributed by atoms with Gasteiger partial charge in [0.25, 0.3) is 0 Å². The van der Waals surface area contributed by atoms with Crippen LogP contribution in [0.4, 0.5) is 0 Å². The van der Waals surface area contributed by atoms with Gasteiger partial charge >= 0.3 is 0 Å². The van der Waals surface area contributed by atoms with E-state index in [1.807, 2.05) is 0 Å². The van der Waals surface area contributed by atoms with E-state index in [-0.39, 0.29) is 11.5 Å². The molecule has 0 aliphatic rings. The topological polar surface area (TPSA) is 40.5 Å². The standard InChI is InChI=1S/C19H30O2/c1-2-3-4-5-6-7-8-9-10-11-12-13-17-14-18(20)16-19(21)15-17/h5-6,14-16,20-21H,2-4,7-13H2,1H3/b6-5+. The van der Waals surface area contributed by atoms with Crippen molar-refractivity contribution in [2.45, 2.75) is 71.1 Å². The van der Waals surface area contributed by atoms with Crippen LogP contribution in [0.5, 0.6) is 11.5 Å². The number of unbranched alkanes of at least 4 members (excludes halogenated alkanes) is 7. The molecule has 0 saturated heterocycles. The molecule has 2 N–H and O–H groups in total. The quantitative estimate of drug-likeness (QED) is 0.404. The van der Waals surface area contributed by atoms with Crippen LogP contribution in [0.3, 0.4) is 0 Å². The fraction of sp³-hybridized carbons (Fsp3) is 0.579. The summed E-state index contributed by atoms with van der Waals surface area (Å²) in [4.78, 5) is 0. The van der Waals surface area contributed by atoms with Crippen LogP contribution in [0.2, 0.25) is 0 Å². The van der Waals surface area contributed by atoms with Crippen LogP contribution in [-0.4, -0.2) is 10.2 Å². The molecule has 1 aromatic rings. The van der Waals surface area contributed by atoms with Crippen molar-refractivity contribution < 1.29 is 10.2 Å². The number of allylic oxidation sites excluding steroid dienone is 2. The predicted molar refractivity (Wildman–Crippen MR) is 89.8 cm³/mol. The lowest BCUT2D eigenvalue weighted by molar-refractivity contribution is 0.449. The molecule has 0 bridgehead atoms. The zero-order valence-corrected chi connectivity index (χ0v) is 13.4. The molecule has 2 heteroatoms. The van der Waals surface area contributed by atoms with E-state index in [9.17, 15) is 10.2 Å². The highest BCUT2D eigenvalue weighted by Crippen LogP contribution is 2.22. The molecule has 0 amide bonds. The van der Waals surface area contributed by atoms with E-state index in [0.717, 1.165) is 18.4 Å². The van der Waals surface area contributed by atoms with E-state index in [1.165, 1.54) is 57.4 Å². The van der Waals surface area contributed by atoms with Crippen molar-refractivity contribution in [3.05, 3.63) is 35.9 Å². The molecule has 0 fully saturated rings. The molecule has 0 saturated carbocycles. The van der Waals surface area contributed by atoms with Gasteiger partial charge in [-0.2, -0.15) is 0 Å². The maximum Gasteiger partial charge on any atom is 0.119 e. The Bertz CT molecular complexity index is 390. The molecule has 0 aromatic heterocycles. The molecule has 0 aliphatic heterocycles. The second-order valence-corrected chi connectivity index (χ2v) is 5.78. The van der Waals surface area contributed by atoms with Crippen molar-refractivity contribution in [2.75, 3.05) is 0 Å². The second kappa shape index (κ2) is 11.2. The van der Waals surface area contributed by atoms with Crippen molar-refractivity contribution >= 4 is 0 Å². The molecule has 0 radical (unpaired) electrons. The van der Waals surface area contributed by atoms with Gasteiger partial charge in [-0.1, -0.05) is 51.2 Å². The minimum atomic E-state index is 0.153. The monoisotopic (exact) mass is 290 g/mol. The molecule has 0 atom stereocenters. The van der Waals surface area contributed by atoms with Gasteiger partial charge in [-0.3, -0.25) is 0 Å². The van der Waals surface area contributed by atoms with Gasteiger partial charge in [0.1, 0.15) is 11.5 Å². The molecule has 0 aliphatic carbocycles. The molecule has 0 spiro atoms. The van der Waals surface area contributed by atoms with Crippen LogP contribution in [0.1, 0.15) is 70.3 Å². The first-order valence-corrected chi connectivity index (χ1v) is 8.39. The predicted octanol–water partition coefficient (Wildman–Crippen LogP) is 5.73. The van der Waals surface area contributed by atoms with Crippen LogP contribution >= 0.6 is 0 Å². The van der Waals surface area contributed by atoms with E-state index in [2.05, 4.69) is 19.1 Å². The molecule has 0 heterocycles. The summed E-state index contributed by atoms with van der Waals surface area (Å²) in [5, 5.41) is 18.8. The van der Waals surface area contributed by atoms with Gasteiger partial charge < -0.3 is 10.2 Å². The van der Waals surface area contributed by atoms with Crippen LogP contribution < -0.4 is 0 Å². The molecule has 21 heavy (non-hydrogen) atoms. The van der Waals surface area contributed by atoms with Crippen molar-refractivity contribution in [3.8, 4) is 11.5 Å². The van der Waals surface area contributed by atoms with Crippen LogP contribution in [0, 0.1) is 0 Å². The fourth-order valence-electron chi connectivity index (χ4n) is 2.48. The summed E-state index contributed by atoms with van der Waals surface area (Å²) >= 11 is 0. The van der Waals surface area contributed by atoms with Gasteiger partial charge in [0.15, 0.2) is 0 Å². The summed E-state index contributed by atoms with van der Waals surface area (Å²) < 4.78 is 0. The Labute approximate surface area is 129 Å². The normalized spacial score (nSPS) is 11.3. The van der Waals surface area contributed by atoms with E-state index < -0.39 is 0 Å². The maximum absolute atomic E-state index is 9.40. The third-order valence-electron chi connectivity index (χ3n) is 3.69. The third-order valence-corrected chi connectivity index (χ3v) is 3.69. The first kappa shape index (κ1) is 17.6. The highest BCUT2D eigenvalue weighted by molar-refractivity contribution is 5.36. The third kappa shape index (κ3) is 9.17. The second-order valence-electron chi connectivity index (χ2n) is 5.78. The van der Waals surface area contributed by atoms with E-state index >= 15 is 0 Å². The zero-order valence-electron chi connectivity index (χ0n) is 13.4. The Morgan fingerprint density at radius 2 is 1.33 bits per heavy atom. The first-order valence-electron chi connectivity index (χ1n) is 8.39. The van der Waals surface area contributed by atoms with Crippen molar-refractivity contribution in [3.63, 3.8) is 0 Å². The van der Waals surface area contributed by atoms with E-state index in [0.29, 0.717) is 0 Å². The highest BCUT2D eigenvalue weighted by atomic mass is 16.3. The zero-order chi connectivity index (χ0) is 15.3. The number of aryl methyl sites for hydroxylation is 1. The van der Waals surface area contributed by atoms with Crippen molar-refractivity contribution in [1.29, 1.82) is 0 Å². The average Bonchev–Trinajstić information content (AvgIpc) is 2.44. The average molecular weight is 290 g/mol. The maximum atomic E-state index is 9.40. The summed E-state index contributed by atoms with van der Waals surface area (Å²) in [5.41, 5.74) is 1.02. The smallest absolute Gasteiger partial charge is 0.119 e. The number of rotatable bonds is 11. The number of aromatic hydroxyl groups is 2. The number of hydrogen-bond donors (Lipinski definition) is 2. The molecule has 0 unspecified atom stereocenters. The van der Waals surface area contributed by atoms with Gasteiger partial charge in [-0.15, -0.1) is 0 Å². The minimum Gasteiger partial charge on any atom is -0.508 e. The lowest BCUT2D eigenvalue weighted by atomic mass is 10.0. The van der Waals surface area contributed by atoms with Gasteiger partial charge in [0.2, 0.25) is 0 Å². The van der Waals surface area contributed by atoms with Crippen LogP contribution in [0.15, 0.2) is 30.4 Å². The van der Waals surface area contributed by atoms with Crippen molar-refractivity contribution in [1.82, 2.24) is 0 Å². The highest BCUT2D eigenvalue weighted by Gasteiger charge is 1.99. The van der Waals surface area contributed by atoms with Gasteiger partial charge in [-0.25, -0.2) is 0 Å². The lowest BCUT2D eigenvalue weighted by Crippen LogP contribution is -1.86. The number of hydrogen-bond acceptors (Lipinski definition) is 2. The number of phenolic OH excluding ortho intramolecular Hbond substituents is 2. The molecule has 1 rings (SSSR count). The fourth-order valence-corrected chi connectivity index (χ4v) is 2.48. The van der Waals surface area contributed by atoms with Crippen LogP contribution in [0.25, 0.3) is 0 Å². The summed E-state index contributed by atoms with van der Waals surface area (Å²) in [6.45, 7) is 2.23. The number of phenols is 2. The SMILES string of the molecule is CCCC/C=C/CCCCCCCc1cc(O)cc(O)c1. The Morgan fingerprint density at radius 3 is 2.00 bits per heavy atom. The van der Waals surface area contributed by atoms with Gasteiger partial charge in [0, 0.05) is 6.07 Å². The van der Waals surface area contributed by atoms with Crippen LogP contribution in [-0.2, 0) is 6.42 Å². The summed E-state index contributed by atoms with van der Waals surface area (Å²) in [5.74, 6) is 0.305. The Balaban J connectivity index is 1.98. The lowest BCUT2D eigenvalue weighted by Gasteiger charge is -2.04. The largest absolute Gasteiger partial charge is 0.508 e. The molecule has 2 nitrogen and oxygen atoms in total. The van der Waals surface area contributed by atoms with Gasteiger partial charge in [-0.05, 0) is 49.8 Å². The van der Waals surface area contributed by atoms with E-state index in [4.69, 9.17) is 0 Å². The summed E-state index contributed by atoms with van der Waals surface area (Å²) in [6, 6.07) is 4.85. The Kier molecular flexibility index (Phi) is 9.43. The molecule has 1 aromatic carbocycles. The van der Waals surface area contributed by atoms with Crippen molar-refractivity contribution in [2.24, 2.45) is 0 Å². The Hall–Kier alpha value is -1.44. The summed E-state index contributed by atoms with van der Waals surface area (Å²) in [7, 11) is 0. The van der Waals surface area contributed by atoms with Gasteiger partial charge in [0.05, 0.1) is 0 Å². The molecular weight excluding hydrogens is 260 g/mol. The first-order chi connectivity index (χ1) is 10.2. The van der Waals surface area contributed by atoms with E-state index in [1.54, 1.807) is 12.1 Å². The summed E-state index contributed by atoms with van der Waals surface area (Å²) in [6.07, 6.45) is 16.8. The Morgan fingerprint density at radius 1 is 0.762 bits per heavy atom. The molecular formula is C19H30O2. The number of benzene rings is 1.